The third-order valence-electron chi connectivity index (χ3n) is 6.11. The summed E-state index contributed by atoms with van der Waals surface area (Å²) in [7, 11) is 12.2. The number of nitrogens with zero attached hydrogens (tertiary/aromatic N) is 5. The third-order valence-corrected chi connectivity index (χ3v) is 6.11. The van der Waals surface area contributed by atoms with Gasteiger partial charge in [-0.25, -0.2) is 9.78 Å². The van der Waals surface area contributed by atoms with Crippen LogP contribution >= 0.6 is 0 Å². The predicted octanol–water partition coefficient (Wildman–Crippen LogP) is 3.98. The summed E-state index contributed by atoms with van der Waals surface area (Å²) in [4.78, 5) is 30.6. The SMILES string of the molecule is [B]C1([B])NC(=O)N(c2ccnc(N[C@@H](C)c3cc(C)c(-c4ccnc(C(F)(F)F)c4)cn3)n2)C1C(C)C. The van der Waals surface area contributed by atoms with E-state index in [0.29, 0.717) is 22.6 Å². The normalized spacial score (nSPS) is 18.1. The molecule has 1 aliphatic rings. The molecule has 4 rings (SSSR count). The van der Waals surface area contributed by atoms with Crippen LogP contribution in [0.2, 0.25) is 0 Å². The lowest BCUT2D eigenvalue weighted by molar-refractivity contribution is -0.141. The van der Waals surface area contributed by atoms with Crippen molar-refractivity contribution in [3.8, 4) is 11.1 Å². The Morgan fingerprint density at radius 3 is 2.46 bits per heavy atom. The second-order valence-corrected chi connectivity index (χ2v) is 9.38. The molecular weight excluding hydrogens is 481 g/mol. The first kappa shape index (κ1) is 26.4. The number of aryl methyl sites for hydroxylation is 1. The molecule has 1 saturated heterocycles. The van der Waals surface area contributed by atoms with Gasteiger partial charge in [-0.05, 0) is 60.5 Å². The van der Waals surface area contributed by atoms with Gasteiger partial charge >= 0.3 is 12.2 Å². The summed E-state index contributed by atoms with van der Waals surface area (Å²) in [6, 6.07) is 4.53. The van der Waals surface area contributed by atoms with Crippen molar-refractivity contribution in [2.24, 2.45) is 5.92 Å². The molecule has 4 radical (unpaired) electrons. The number of aromatic nitrogens is 4. The molecule has 0 aliphatic carbocycles. The Bertz CT molecular complexity index is 1320. The fraction of sp³-hybridized carbons (Fsp3) is 0.375. The second-order valence-electron chi connectivity index (χ2n) is 9.38. The molecule has 2 amide bonds. The van der Waals surface area contributed by atoms with Crippen LogP contribution < -0.4 is 15.5 Å². The largest absolute Gasteiger partial charge is 0.433 e. The molecule has 2 atom stereocenters. The first-order valence-electron chi connectivity index (χ1n) is 11.6. The first-order chi connectivity index (χ1) is 17.3. The molecule has 0 aromatic carbocycles. The van der Waals surface area contributed by atoms with Crippen molar-refractivity contribution < 1.29 is 18.0 Å². The van der Waals surface area contributed by atoms with Crippen LogP contribution in [-0.2, 0) is 6.18 Å². The van der Waals surface area contributed by atoms with Crippen LogP contribution in [0.25, 0.3) is 11.1 Å². The molecule has 1 unspecified atom stereocenters. The molecule has 0 bridgehead atoms. The molecule has 13 heteroatoms. The summed E-state index contributed by atoms with van der Waals surface area (Å²) in [6.07, 6.45) is -0.368. The van der Waals surface area contributed by atoms with Gasteiger partial charge in [-0.1, -0.05) is 13.8 Å². The van der Waals surface area contributed by atoms with Crippen molar-refractivity contribution in [3.63, 3.8) is 0 Å². The zero-order valence-corrected chi connectivity index (χ0v) is 20.7. The number of amides is 2. The number of anilines is 2. The van der Waals surface area contributed by atoms with Crippen LogP contribution in [0.3, 0.4) is 0 Å². The molecule has 1 fully saturated rings. The maximum atomic E-state index is 13.1. The van der Waals surface area contributed by atoms with Crippen molar-refractivity contribution >= 4 is 33.5 Å². The van der Waals surface area contributed by atoms with Crippen molar-refractivity contribution in [1.82, 2.24) is 25.3 Å². The molecule has 37 heavy (non-hydrogen) atoms. The Kier molecular flexibility index (Phi) is 6.91. The van der Waals surface area contributed by atoms with E-state index in [1.54, 1.807) is 19.1 Å². The monoisotopic (exact) mass is 505 g/mol. The molecule has 0 spiro atoms. The van der Waals surface area contributed by atoms with Gasteiger partial charge in [0.05, 0.1) is 27.4 Å². The number of carbonyl (C=O) groups excluding carboxylic acids is 1. The average Bonchev–Trinajstić information content (AvgIpc) is 3.06. The minimum absolute atomic E-state index is 0.0578. The number of carbonyl (C=O) groups is 1. The van der Waals surface area contributed by atoms with Crippen molar-refractivity contribution in [2.45, 2.75) is 51.3 Å². The lowest BCUT2D eigenvalue weighted by atomic mass is 9.56. The molecule has 0 saturated carbocycles. The molecule has 3 aromatic rings. The number of halogens is 3. The summed E-state index contributed by atoms with van der Waals surface area (Å²) in [5.74, 6) is 0.521. The van der Waals surface area contributed by atoms with Crippen molar-refractivity contribution in [1.29, 1.82) is 0 Å². The highest BCUT2D eigenvalue weighted by Crippen LogP contribution is 2.33. The highest BCUT2D eigenvalue weighted by molar-refractivity contribution is 6.43. The van der Waals surface area contributed by atoms with E-state index < -0.39 is 29.3 Å². The lowest BCUT2D eigenvalue weighted by Gasteiger charge is -2.34. The standard InChI is InChI=1S/C24H24B2F3N7O/c1-12(2)20-23(25,26)35-22(37)36(20)19-6-8-31-21(34-19)33-14(4)17-9-13(3)16(11-32-17)15-5-7-30-18(10-15)24(27,28)29/h5-12,14,20H,1-4H3,(H,35,37)(H,31,33,34)/t14-,20?/m0/s1. The number of hydrogen-bond acceptors (Lipinski definition) is 6. The van der Waals surface area contributed by atoms with Gasteiger partial charge in [0.25, 0.3) is 0 Å². The Morgan fingerprint density at radius 1 is 1.11 bits per heavy atom. The lowest BCUT2D eigenvalue weighted by Crippen LogP contribution is -2.53. The number of nitrogens with one attached hydrogen (secondary N) is 2. The Labute approximate surface area is 215 Å². The molecular formula is C24H24B2F3N7O. The predicted molar refractivity (Wildman–Crippen MR) is 135 cm³/mol. The minimum atomic E-state index is -4.54. The minimum Gasteiger partial charge on any atom is -0.347 e. The van der Waals surface area contributed by atoms with Gasteiger partial charge in [0.2, 0.25) is 5.95 Å². The van der Waals surface area contributed by atoms with Gasteiger partial charge in [0, 0.05) is 30.2 Å². The Balaban J connectivity index is 1.55. The van der Waals surface area contributed by atoms with E-state index in [4.69, 9.17) is 15.7 Å². The molecule has 188 valence electrons. The van der Waals surface area contributed by atoms with Gasteiger partial charge in [0.1, 0.15) is 11.5 Å². The summed E-state index contributed by atoms with van der Waals surface area (Å²) in [6.45, 7) is 7.45. The van der Waals surface area contributed by atoms with Crippen LogP contribution in [0.1, 0.15) is 43.8 Å². The van der Waals surface area contributed by atoms with E-state index in [1.165, 1.54) is 23.4 Å². The van der Waals surface area contributed by atoms with E-state index in [0.717, 1.165) is 17.8 Å². The molecule has 1 aliphatic heterocycles. The molecule has 3 aromatic heterocycles. The van der Waals surface area contributed by atoms with Gasteiger partial charge in [0.15, 0.2) is 0 Å². The molecule has 8 nitrogen and oxygen atoms in total. The van der Waals surface area contributed by atoms with Crippen molar-refractivity contribution in [2.75, 3.05) is 10.2 Å². The molecule has 2 N–H and O–H groups in total. The highest BCUT2D eigenvalue weighted by Gasteiger charge is 2.46. The maximum absolute atomic E-state index is 13.1. The van der Waals surface area contributed by atoms with E-state index >= 15 is 0 Å². The van der Waals surface area contributed by atoms with Gasteiger partial charge in [-0.15, -0.1) is 0 Å². The first-order valence-corrected chi connectivity index (χ1v) is 11.6. The second kappa shape index (κ2) is 9.68. The zero-order chi connectivity index (χ0) is 27.1. The van der Waals surface area contributed by atoms with Gasteiger partial charge < -0.3 is 10.6 Å². The fourth-order valence-electron chi connectivity index (χ4n) is 4.45. The number of pyridine rings is 2. The summed E-state index contributed by atoms with van der Waals surface area (Å²) < 4.78 is 39.2. The summed E-state index contributed by atoms with van der Waals surface area (Å²) >= 11 is 0. The number of alkyl halides is 3. The Morgan fingerprint density at radius 2 is 1.81 bits per heavy atom. The average molecular weight is 505 g/mol. The van der Waals surface area contributed by atoms with E-state index in [1.807, 2.05) is 20.8 Å². The molecule has 4 heterocycles. The van der Waals surface area contributed by atoms with Crippen LogP contribution in [0.5, 0.6) is 0 Å². The Hall–Kier alpha value is -3.63. The van der Waals surface area contributed by atoms with E-state index in [-0.39, 0.29) is 17.9 Å². The number of urea groups is 1. The van der Waals surface area contributed by atoms with Crippen LogP contribution in [0.15, 0.2) is 42.9 Å². The van der Waals surface area contributed by atoms with Crippen LogP contribution in [0.4, 0.5) is 29.7 Å². The third kappa shape index (κ3) is 5.40. The quantitative estimate of drug-likeness (QED) is 0.493. The van der Waals surface area contributed by atoms with Crippen LogP contribution in [-0.4, -0.2) is 53.0 Å². The van der Waals surface area contributed by atoms with Crippen molar-refractivity contribution in [3.05, 3.63) is 59.8 Å². The van der Waals surface area contributed by atoms with Gasteiger partial charge in [-0.3, -0.25) is 14.9 Å². The van der Waals surface area contributed by atoms with Crippen LogP contribution in [0, 0.1) is 12.8 Å². The zero-order valence-electron chi connectivity index (χ0n) is 20.7. The highest BCUT2D eigenvalue weighted by atomic mass is 19.4. The van der Waals surface area contributed by atoms with E-state index in [9.17, 15) is 18.0 Å². The topological polar surface area (TPSA) is 95.9 Å². The summed E-state index contributed by atoms with van der Waals surface area (Å²) in [5, 5.41) is 4.31. The number of hydrogen-bond donors (Lipinski definition) is 2. The van der Waals surface area contributed by atoms with Gasteiger partial charge in [-0.2, -0.15) is 18.2 Å². The summed E-state index contributed by atoms with van der Waals surface area (Å²) in [5.41, 5.74) is 1.34. The smallest absolute Gasteiger partial charge is 0.347 e. The fourth-order valence-corrected chi connectivity index (χ4v) is 4.45. The van der Waals surface area contributed by atoms with E-state index in [2.05, 4.69) is 30.6 Å². The number of rotatable bonds is 6. The maximum Gasteiger partial charge on any atom is 0.433 e.